The lowest BCUT2D eigenvalue weighted by molar-refractivity contribution is -0.173. The molecule has 2 aliphatic rings. The van der Waals surface area contributed by atoms with Crippen LogP contribution in [-0.2, 0) is 10.5 Å². The molecule has 3 heterocycles. The van der Waals surface area contributed by atoms with Crippen LogP contribution in [0.25, 0.3) is 0 Å². The van der Waals surface area contributed by atoms with Gasteiger partial charge in [-0.15, -0.1) is 11.8 Å². The fourth-order valence-electron chi connectivity index (χ4n) is 4.74. The van der Waals surface area contributed by atoms with Crippen LogP contribution in [0.3, 0.4) is 0 Å². The highest BCUT2D eigenvalue weighted by atomic mass is 32.2. The maximum Gasteiger partial charge on any atom is 0.408 e. The van der Waals surface area contributed by atoms with Crippen molar-refractivity contribution < 1.29 is 31.9 Å². The fraction of sp³-hybridized carbons (Fsp3) is 0.269. The predicted octanol–water partition coefficient (Wildman–Crippen LogP) is 4.61. The van der Waals surface area contributed by atoms with Crippen molar-refractivity contribution in [3.63, 3.8) is 0 Å². The number of nitrogens with zero attached hydrogens (tertiary/aromatic N) is 3. The molecule has 2 aliphatic heterocycles. The van der Waals surface area contributed by atoms with Gasteiger partial charge < -0.3 is 9.64 Å². The highest BCUT2D eigenvalue weighted by molar-refractivity contribution is 7.98. The third-order valence-corrected chi connectivity index (χ3v) is 7.71. The summed E-state index contributed by atoms with van der Waals surface area (Å²) in [7, 11) is 0. The summed E-state index contributed by atoms with van der Waals surface area (Å²) in [4.78, 5) is 39.3. The smallest absolute Gasteiger partial charge is 0.408 e. The van der Waals surface area contributed by atoms with Gasteiger partial charge >= 0.3 is 12.1 Å². The van der Waals surface area contributed by atoms with Gasteiger partial charge in [0.25, 0.3) is 5.91 Å². The maximum absolute atomic E-state index is 15.5. The standard InChI is InChI=1S/C26H21F4N3O4S/c1-14(26(28,29)30)31-13-33(32-11-10-19(35)24(37-15(2)34)23(32)25(31)36)22-17-7-3-4-9-20(17)38-12-16-6-5-8-18(27)21(16)22/h3-11,14,22H,12-13H2,1-2H3/t14-,22+/m0/s1. The van der Waals surface area contributed by atoms with Gasteiger partial charge in [0, 0.05) is 35.4 Å². The van der Waals surface area contributed by atoms with Crippen LogP contribution in [0.5, 0.6) is 5.75 Å². The zero-order chi connectivity index (χ0) is 27.4. The first-order valence-electron chi connectivity index (χ1n) is 11.6. The number of benzene rings is 2. The molecule has 1 aromatic heterocycles. The number of carbonyl (C=O) groups excluding carboxylic acids is 2. The predicted molar refractivity (Wildman–Crippen MR) is 131 cm³/mol. The number of amides is 1. The van der Waals surface area contributed by atoms with Crippen LogP contribution < -0.4 is 15.2 Å². The van der Waals surface area contributed by atoms with Crippen molar-refractivity contribution in [1.29, 1.82) is 0 Å². The first-order valence-corrected chi connectivity index (χ1v) is 12.5. The largest absolute Gasteiger partial charge is 0.420 e. The molecule has 2 atom stereocenters. The van der Waals surface area contributed by atoms with Gasteiger partial charge in [0.05, 0.1) is 0 Å². The molecule has 7 nitrogen and oxygen atoms in total. The molecule has 198 valence electrons. The second-order valence-electron chi connectivity index (χ2n) is 8.91. The Kier molecular flexibility index (Phi) is 6.46. The first-order chi connectivity index (χ1) is 18.0. The van der Waals surface area contributed by atoms with Crippen molar-refractivity contribution in [2.45, 2.75) is 42.8 Å². The van der Waals surface area contributed by atoms with E-state index in [1.54, 1.807) is 30.3 Å². The Labute approximate surface area is 218 Å². The Hall–Kier alpha value is -3.80. The molecule has 0 unspecified atom stereocenters. The molecule has 0 fully saturated rings. The Morgan fingerprint density at radius 2 is 1.84 bits per heavy atom. The zero-order valence-corrected chi connectivity index (χ0v) is 21.0. The summed E-state index contributed by atoms with van der Waals surface area (Å²) >= 11 is 1.45. The van der Waals surface area contributed by atoms with E-state index in [0.29, 0.717) is 21.8 Å². The van der Waals surface area contributed by atoms with Gasteiger partial charge in [-0.2, -0.15) is 13.2 Å². The number of rotatable bonds is 3. The number of fused-ring (bicyclic) bond motifs is 3. The van der Waals surface area contributed by atoms with Crippen LogP contribution in [0.1, 0.15) is 47.1 Å². The lowest BCUT2D eigenvalue weighted by atomic mass is 9.93. The zero-order valence-electron chi connectivity index (χ0n) is 20.2. The summed E-state index contributed by atoms with van der Waals surface area (Å²) in [5, 5.41) is 1.39. The quantitative estimate of drug-likeness (QED) is 0.353. The molecule has 0 radical (unpaired) electrons. The van der Waals surface area contributed by atoms with E-state index in [-0.39, 0.29) is 5.56 Å². The molecular formula is C26H21F4N3O4S. The topological polar surface area (TPSA) is 71.8 Å². The number of carbonyl (C=O) groups is 2. The van der Waals surface area contributed by atoms with Crippen LogP contribution in [0, 0.1) is 5.82 Å². The average molecular weight is 548 g/mol. The minimum Gasteiger partial charge on any atom is -0.420 e. The molecule has 5 rings (SSSR count). The number of halogens is 4. The summed E-state index contributed by atoms with van der Waals surface area (Å²) < 4.78 is 63.5. The number of pyridine rings is 1. The number of hydrogen-bond acceptors (Lipinski definition) is 6. The van der Waals surface area contributed by atoms with Gasteiger partial charge in [-0.3, -0.25) is 24.1 Å². The third-order valence-electron chi connectivity index (χ3n) is 6.57. The SMILES string of the molecule is CC(=O)Oc1c2n(ccc1=O)N([C@@H]1c3ccccc3SCc3cccc(F)c31)CN([C@@H](C)C(F)(F)F)C2=O. The maximum atomic E-state index is 15.5. The van der Waals surface area contributed by atoms with E-state index >= 15 is 4.39 Å². The summed E-state index contributed by atoms with van der Waals surface area (Å²) in [6.45, 7) is 1.24. The molecule has 0 N–H and O–H groups in total. The normalized spacial score (nSPS) is 17.7. The Balaban J connectivity index is 1.82. The van der Waals surface area contributed by atoms with Gasteiger partial charge in [0.15, 0.2) is 5.69 Å². The van der Waals surface area contributed by atoms with Crippen molar-refractivity contribution in [3.8, 4) is 5.75 Å². The lowest BCUT2D eigenvalue weighted by Crippen LogP contribution is -2.60. The highest BCUT2D eigenvalue weighted by Gasteiger charge is 2.48. The van der Waals surface area contributed by atoms with Crippen LogP contribution in [0.15, 0.2) is 64.4 Å². The Morgan fingerprint density at radius 3 is 2.55 bits per heavy atom. The molecule has 0 saturated carbocycles. The second kappa shape index (κ2) is 9.50. The molecule has 38 heavy (non-hydrogen) atoms. The minimum absolute atomic E-state index is 0.234. The molecule has 3 aromatic rings. The summed E-state index contributed by atoms with van der Waals surface area (Å²) in [6, 6.07) is 9.49. The number of aromatic nitrogens is 1. The first kappa shape index (κ1) is 25.8. The average Bonchev–Trinajstić information content (AvgIpc) is 3.03. The van der Waals surface area contributed by atoms with E-state index in [1.807, 2.05) is 6.07 Å². The Bertz CT molecular complexity index is 1510. The highest BCUT2D eigenvalue weighted by Crippen LogP contribution is 2.44. The van der Waals surface area contributed by atoms with E-state index in [4.69, 9.17) is 4.74 Å². The number of hydrogen-bond donors (Lipinski definition) is 0. The number of thioether (sulfide) groups is 1. The van der Waals surface area contributed by atoms with Crippen LogP contribution in [0.2, 0.25) is 0 Å². The summed E-state index contributed by atoms with van der Waals surface area (Å²) in [5.41, 5.74) is 0.0601. The van der Waals surface area contributed by atoms with Crippen molar-refractivity contribution in [2.24, 2.45) is 0 Å². The van der Waals surface area contributed by atoms with E-state index in [0.717, 1.165) is 24.8 Å². The lowest BCUT2D eigenvalue weighted by Gasteiger charge is -2.46. The van der Waals surface area contributed by atoms with Crippen molar-refractivity contribution in [3.05, 3.63) is 93.2 Å². The molecule has 12 heteroatoms. The summed E-state index contributed by atoms with van der Waals surface area (Å²) in [6.07, 6.45) is -3.58. The number of ether oxygens (including phenoxy) is 1. The third kappa shape index (κ3) is 4.32. The van der Waals surface area contributed by atoms with Crippen LogP contribution >= 0.6 is 11.8 Å². The van der Waals surface area contributed by atoms with Gasteiger partial charge in [-0.05, 0) is 30.2 Å². The van der Waals surface area contributed by atoms with Crippen LogP contribution in [0.4, 0.5) is 17.6 Å². The molecule has 2 aromatic carbocycles. The number of esters is 1. The van der Waals surface area contributed by atoms with Gasteiger partial charge in [0.2, 0.25) is 11.2 Å². The van der Waals surface area contributed by atoms with Gasteiger partial charge in [-0.25, -0.2) is 4.39 Å². The molecule has 0 spiro atoms. The Morgan fingerprint density at radius 1 is 1.11 bits per heavy atom. The van der Waals surface area contributed by atoms with E-state index in [9.17, 15) is 27.6 Å². The van der Waals surface area contributed by atoms with Crippen molar-refractivity contribution >= 4 is 23.6 Å². The second-order valence-corrected chi connectivity index (χ2v) is 9.93. The molecular weight excluding hydrogens is 526 g/mol. The van der Waals surface area contributed by atoms with E-state index in [2.05, 4.69) is 0 Å². The van der Waals surface area contributed by atoms with Gasteiger partial charge in [-0.1, -0.05) is 30.3 Å². The van der Waals surface area contributed by atoms with Gasteiger partial charge in [0.1, 0.15) is 24.6 Å². The van der Waals surface area contributed by atoms with Crippen molar-refractivity contribution in [2.75, 3.05) is 11.7 Å². The molecule has 0 bridgehead atoms. The number of alkyl halides is 3. The molecule has 0 saturated heterocycles. The fourth-order valence-corrected chi connectivity index (χ4v) is 5.82. The monoisotopic (exact) mass is 547 g/mol. The van der Waals surface area contributed by atoms with E-state index < -0.39 is 59.5 Å². The summed E-state index contributed by atoms with van der Waals surface area (Å²) in [5.74, 6) is -2.93. The van der Waals surface area contributed by atoms with E-state index in [1.165, 1.54) is 33.7 Å². The molecule has 0 aliphatic carbocycles. The van der Waals surface area contributed by atoms with Crippen molar-refractivity contribution in [1.82, 2.24) is 9.58 Å². The minimum atomic E-state index is -4.81. The molecule has 1 amide bonds. The van der Waals surface area contributed by atoms with Crippen LogP contribution in [-0.4, -0.2) is 40.3 Å².